The van der Waals surface area contributed by atoms with E-state index in [1.807, 2.05) is 18.3 Å². The number of benzene rings is 1. The second-order valence-electron chi connectivity index (χ2n) is 8.36. The van der Waals surface area contributed by atoms with Gasteiger partial charge in [-0.2, -0.15) is 0 Å². The number of hydrogen-bond donors (Lipinski definition) is 1. The molecule has 0 atom stereocenters. The summed E-state index contributed by atoms with van der Waals surface area (Å²) in [6.45, 7) is 5.96. The van der Waals surface area contributed by atoms with Crippen LogP contribution in [0.15, 0.2) is 24.4 Å². The Morgan fingerprint density at radius 2 is 1.86 bits per heavy atom. The zero-order chi connectivity index (χ0) is 19.5. The Labute approximate surface area is 167 Å². The van der Waals surface area contributed by atoms with Crippen LogP contribution < -0.4 is 15.4 Å². The Hall–Kier alpha value is -1.92. The van der Waals surface area contributed by atoms with Crippen molar-refractivity contribution in [1.29, 1.82) is 0 Å². The molecule has 1 saturated carbocycles. The van der Waals surface area contributed by atoms with Gasteiger partial charge in [0.15, 0.2) is 0 Å². The maximum absolute atomic E-state index is 6.32. The molecule has 1 aromatic heterocycles. The lowest BCUT2D eigenvalue weighted by Crippen LogP contribution is -2.45. The number of fused-ring (bicyclic) bond motifs is 1. The van der Waals surface area contributed by atoms with Crippen LogP contribution in [0.5, 0.6) is 5.75 Å². The van der Waals surface area contributed by atoms with Gasteiger partial charge in [0.2, 0.25) is 5.95 Å². The first-order chi connectivity index (χ1) is 13.6. The van der Waals surface area contributed by atoms with Crippen molar-refractivity contribution in [2.75, 3.05) is 18.1 Å². The highest BCUT2D eigenvalue weighted by Crippen LogP contribution is 2.31. The number of ether oxygens (including phenoxy) is 2. The summed E-state index contributed by atoms with van der Waals surface area (Å²) in [5, 5.41) is 1.02. The van der Waals surface area contributed by atoms with Crippen molar-refractivity contribution >= 4 is 16.9 Å². The highest BCUT2D eigenvalue weighted by atomic mass is 16.5. The lowest BCUT2D eigenvalue weighted by molar-refractivity contribution is 0.0261. The van der Waals surface area contributed by atoms with Crippen molar-refractivity contribution in [3.05, 3.63) is 24.4 Å². The normalized spacial score (nSPS) is 23.9. The van der Waals surface area contributed by atoms with E-state index in [4.69, 9.17) is 25.2 Å². The van der Waals surface area contributed by atoms with Gasteiger partial charge in [-0.1, -0.05) is 12.1 Å². The molecule has 0 radical (unpaired) electrons. The minimum absolute atomic E-state index is 0.193. The van der Waals surface area contributed by atoms with Gasteiger partial charge in [0.1, 0.15) is 17.4 Å². The molecule has 1 aromatic carbocycles. The average molecular weight is 385 g/mol. The second kappa shape index (κ2) is 8.62. The van der Waals surface area contributed by atoms with Crippen LogP contribution in [0.3, 0.4) is 0 Å². The number of hydrogen-bond acceptors (Lipinski definition) is 6. The maximum Gasteiger partial charge on any atom is 0.226 e. The fraction of sp³-hybridized carbons (Fsp3) is 0.636. The van der Waals surface area contributed by atoms with Crippen molar-refractivity contribution in [2.45, 2.75) is 76.6 Å². The number of aromatic nitrogens is 2. The molecule has 152 valence electrons. The monoisotopic (exact) mass is 384 g/mol. The molecule has 6 nitrogen and oxygen atoms in total. The van der Waals surface area contributed by atoms with E-state index in [1.165, 1.54) is 0 Å². The molecule has 2 aliphatic rings. The van der Waals surface area contributed by atoms with Crippen LogP contribution in [0, 0.1) is 0 Å². The molecule has 1 aliphatic heterocycles. The van der Waals surface area contributed by atoms with Crippen LogP contribution in [0.4, 0.5) is 5.95 Å². The van der Waals surface area contributed by atoms with Gasteiger partial charge in [-0.3, -0.25) is 0 Å². The number of nitrogens with two attached hydrogens (primary N) is 1. The van der Waals surface area contributed by atoms with Gasteiger partial charge in [-0.05, 0) is 45.6 Å². The molecule has 2 N–H and O–H groups in total. The molecule has 28 heavy (non-hydrogen) atoms. The Bertz CT molecular complexity index is 783. The van der Waals surface area contributed by atoms with Crippen LogP contribution >= 0.6 is 0 Å². The summed E-state index contributed by atoms with van der Waals surface area (Å²) in [7, 11) is 0. The molecule has 0 unspecified atom stereocenters. The van der Waals surface area contributed by atoms with Gasteiger partial charge in [-0.15, -0.1) is 0 Å². The van der Waals surface area contributed by atoms with E-state index >= 15 is 0 Å². The summed E-state index contributed by atoms with van der Waals surface area (Å²) in [6, 6.07) is 7.20. The standard InChI is InChI=1S/C22H32N4O2/c1-15(2)26(18-8-6-17(23)7-9-18)22-24-14-16-4-3-5-20(21(16)25-22)28-19-10-12-27-13-11-19/h3-5,14-15,17-19H,6-13,23H2,1-2H3. The van der Waals surface area contributed by atoms with Gasteiger partial charge >= 0.3 is 0 Å². The molecule has 4 rings (SSSR count). The SMILES string of the molecule is CC(C)N(c1ncc2cccc(OC3CCOCC3)c2n1)C1CCC(N)CC1. The van der Waals surface area contributed by atoms with Crippen LogP contribution in [-0.2, 0) is 4.74 Å². The first-order valence-corrected chi connectivity index (χ1v) is 10.7. The Balaban J connectivity index is 1.63. The number of nitrogens with zero attached hydrogens (tertiary/aromatic N) is 3. The highest BCUT2D eigenvalue weighted by Gasteiger charge is 2.28. The van der Waals surface area contributed by atoms with Crippen molar-refractivity contribution in [3.8, 4) is 5.75 Å². The number of para-hydroxylation sites is 1. The first kappa shape index (κ1) is 19.4. The van der Waals surface area contributed by atoms with E-state index in [1.54, 1.807) is 0 Å². The van der Waals surface area contributed by atoms with Crippen LogP contribution in [-0.4, -0.2) is 47.4 Å². The molecular weight excluding hydrogens is 352 g/mol. The number of anilines is 1. The van der Waals surface area contributed by atoms with E-state index in [9.17, 15) is 0 Å². The van der Waals surface area contributed by atoms with Crippen LogP contribution in [0.1, 0.15) is 52.4 Å². The highest BCUT2D eigenvalue weighted by molar-refractivity contribution is 5.84. The third-order valence-electron chi connectivity index (χ3n) is 5.95. The van der Waals surface area contributed by atoms with E-state index in [2.05, 4.69) is 24.8 Å². The van der Waals surface area contributed by atoms with Crippen LogP contribution in [0.25, 0.3) is 10.9 Å². The largest absolute Gasteiger partial charge is 0.488 e. The van der Waals surface area contributed by atoms with Gasteiger partial charge in [0.05, 0.1) is 13.2 Å². The third-order valence-corrected chi connectivity index (χ3v) is 5.95. The summed E-state index contributed by atoms with van der Waals surface area (Å²) in [4.78, 5) is 12.1. The molecule has 1 saturated heterocycles. The zero-order valence-electron chi connectivity index (χ0n) is 17.0. The van der Waals surface area contributed by atoms with Gasteiger partial charge in [0.25, 0.3) is 0 Å². The molecule has 0 spiro atoms. The molecule has 6 heteroatoms. The first-order valence-electron chi connectivity index (χ1n) is 10.7. The average Bonchev–Trinajstić information content (AvgIpc) is 2.71. The zero-order valence-corrected chi connectivity index (χ0v) is 17.0. The molecular formula is C22H32N4O2. The second-order valence-corrected chi connectivity index (χ2v) is 8.36. The van der Waals surface area contributed by atoms with Gasteiger partial charge < -0.3 is 20.1 Å². The van der Waals surface area contributed by atoms with Gasteiger partial charge in [0, 0.05) is 42.6 Å². The van der Waals surface area contributed by atoms with Crippen molar-refractivity contribution < 1.29 is 9.47 Å². The Morgan fingerprint density at radius 1 is 1.11 bits per heavy atom. The van der Waals surface area contributed by atoms with Crippen molar-refractivity contribution in [2.24, 2.45) is 5.73 Å². The third kappa shape index (κ3) is 4.23. The summed E-state index contributed by atoms with van der Waals surface area (Å²) >= 11 is 0. The minimum atomic E-state index is 0.193. The van der Waals surface area contributed by atoms with Crippen molar-refractivity contribution in [1.82, 2.24) is 9.97 Å². The predicted octanol–water partition coefficient (Wildman–Crippen LogP) is 3.67. The quantitative estimate of drug-likeness (QED) is 0.848. The van der Waals surface area contributed by atoms with E-state index < -0.39 is 0 Å². The topological polar surface area (TPSA) is 73.5 Å². The molecule has 2 fully saturated rings. The predicted molar refractivity (Wildman–Crippen MR) is 112 cm³/mol. The summed E-state index contributed by atoms with van der Waals surface area (Å²) in [6.07, 6.45) is 8.31. The van der Waals surface area contributed by atoms with Crippen LogP contribution in [0.2, 0.25) is 0 Å². The fourth-order valence-electron chi connectivity index (χ4n) is 4.41. The lowest BCUT2D eigenvalue weighted by Gasteiger charge is -2.38. The van der Waals surface area contributed by atoms with E-state index in [0.29, 0.717) is 18.1 Å². The Kier molecular flexibility index (Phi) is 5.97. The fourth-order valence-corrected chi connectivity index (χ4v) is 4.41. The molecule has 2 heterocycles. The van der Waals surface area contributed by atoms with E-state index in [-0.39, 0.29) is 6.10 Å². The molecule has 0 bridgehead atoms. The van der Waals surface area contributed by atoms with E-state index in [0.717, 1.165) is 74.3 Å². The smallest absolute Gasteiger partial charge is 0.226 e. The molecule has 2 aromatic rings. The summed E-state index contributed by atoms with van der Waals surface area (Å²) in [5.74, 6) is 1.65. The summed E-state index contributed by atoms with van der Waals surface area (Å²) in [5.41, 5.74) is 7.02. The summed E-state index contributed by atoms with van der Waals surface area (Å²) < 4.78 is 11.8. The minimum Gasteiger partial charge on any atom is -0.488 e. The molecule has 1 aliphatic carbocycles. The molecule has 0 amide bonds. The van der Waals surface area contributed by atoms with Crippen molar-refractivity contribution in [3.63, 3.8) is 0 Å². The lowest BCUT2D eigenvalue weighted by atomic mass is 9.90. The maximum atomic E-state index is 6.32. The number of rotatable bonds is 5. The van der Waals surface area contributed by atoms with Gasteiger partial charge in [-0.25, -0.2) is 9.97 Å². The Morgan fingerprint density at radius 3 is 2.57 bits per heavy atom.